The maximum absolute atomic E-state index is 13.0. The molecule has 1 aliphatic carbocycles. The van der Waals surface area contributed by atoms with Crippen LogP contribution in [0.2, 0.25) is 0 Å². The lowest BCUT2D eigenvalue weighted by atomic mass is 9.85. The van der Waals surface area contributed by atoms with Gasteiger partial charge in [0.15, 0.2) is 5.82 Å². The third-order valence-corrected chi connectivity index (χ3v) is 5.49. The Hall–Kier alpha value is -2.17. The zero-order chi connectivity index (χ0) is 16.7. The van der Waals surface area contributed by atoms with Gasteiger partial charge in [-0.25, -0.2) is 0 Å². The van der Waals surface area contributed by atoms with Crippen LogP contribution in [-0.4, -0.2) is 33.0 Å². The van der Waals surface area contributed by atoms with Gasteiger partial charge >= 0.3 is 0 Å². The van der Waals surface area contributed by atoms with Gasteiger partial charge in [0.05, 0.1) is 0 Å². The van der Waals surface area contributed by atoms with Crippen LogP contribution in [0.5, 0.6) is 0 Å². The number of hydrogen-bond acceptors (Lipinski definition) is 4. The molecule has 5 heteroatoms. The third-order valence-electron chi connectivity index (χ3n) is 5.49. The van der Waals surface area contributed by atoms with Crippen LogP contribution in [0.1, 0.15) is 55.2 Å². The van der Waals surface area contributed by atoms with Gasteiger partial charge in [0.25, 0.3) is 11.8 Å². The second-order valence-corrected chi connectivity index (χ2v) is 7.13. The maximum atomic E-state index is 13.0. The van der Waals surface area contributed by atoms with Crippen molar-refractivity contribution >= 4 is 5.91 Å². The van der Waals surface area contributed by atoms with Gasteiger partial charge in [0.1, 0.15) is 0 Å². The molecule has 5 nitrogen and oxygen atoms in total. The average molecular weight is 325 g/mol. The van der Waals surface area contributed by atoms with Gasteiger partial charge in [0.2, 0.25) is 0 Å². The molecule has 2 fully saturated rings. The van der Waals surface area contributed by atoms with Crippen molar-refractivity contribution in [1.29, 1.82) is 0 Å². The van der Waals surface area contributed by atoms with Gasteiger partial charge < -0.3 is 9.42 Å². The van der Waals surface area contributed by atoms with E-state index >= 15 is 0 Å². The summed E-state index contributed by atoms with van der Waals surface area (Å²) in [5.74, 6) is 1.95. The Morgan fingerprint density at radius 3 is 2.67 bits per heavy atom. The standard InChI is InChI=1S/C19H23N3O2/c1-12-11-16-5-3-4-6-17(16)22(12)19(23)15-9-7-14(8-10-15)18-20-13(2)21-24-18/h7-10,12,16-17H,3-6,11H2,1-2H3/t12-,16+,17+/m1/s1. The van der Waals surface area contributed by atoms with E-state index in [-0.39, 0.29) is 5.91 Å². The molecule has 1 aromatic heterocycles. The van der Waals surface area contributed by atoms with Crippen LogP contribution in [-0.2, 0) is 0 Å². The Bertz CT molecular complexity index is 737. The second-order valence-electron chi connectivity index (χ2n) is 7.13. The van der Waals surface area contributed by atoms with E-state index in [0.29, 0.717) is 29.7 Å². The zero-order valence-electron chi connectivity index (χ0n) is 14.2. The quantitative estimate of drug-likeness (QED) is 0.842. The second kappa shape index (κ2) is 6.04. The Labute approximate surface area is 142 Å². The molecule has 0 bridgehead atoms. The summed E-state index contributed by atoms with van der Waals surface area (Å²) in [5.41, 5.74) is 1.59. The van der Waals surface area contributed by atoms with Gasteiger partial charge in [-0.1, -0.05) is 18.0 Å². The lowest BCUT2D eigenvalue weighted by Gasteiger charge is -2.33. The number of benzene rings is 1. The lowest BCUT2D eigenvalue weighted by molar-refractivity contribution is 0.0633. The molecule has 2 aromatic rings. The molecule has 0 unspecified atom stereocenters. The molecule has 4 rings (SSSR count). The number of likely N-dealkylation sites (tertiary alicyclic amines) is 1. The maximum Gasteiger partial charge on any atom is 0.257 e. The van der Waals surface area contributed by atoms with Gasteiger partial charge in [-0.15, -0.1) is 0 Å². The summed E-state index contributed by atoms with van der Waals surface area (Å²) in [5, 5.41) is 3.81. The first kappa shape index (κ1) is 15.4. The lowest BCUT2D eigenvalue weighted by Crippen LogP contribution is -2.42. The van der Waals surface area contributed by atoms with E-state index in [1.165, 1.54) is 19.3 Å². The number of hydrogen-bond donors (Lipinski definition) is 0. The molecule has 3 atom stereocenters. The van der Waals surface area contributed by atoms with Crippen LogP contribution in [0, 0.1) is 12.8 Å². The number of aromatic nitrogens is 2. The first-order valence-electron chi connectivity index (χ1n) is 8.87. The van der Waals surface area contributed by atoms with Crippen LogP contribution in [0.15, 0.2) is 28.8 Å². The highest BCUT2D eigenvalue weighted by Gasteiger charge is 2.42. The number of aryl methyl sites for hydroxylation is 1. The van der Waals surface area contributed by atoms with Crippen molar-refractivity contribution < 1.29 is 9.32 Å². The number of nitrogens with zero attached hydrogens (tertiary/aromatic N) is 3. The summed E-state index contributed by atoms with van der Waals surface area (Å²) in [6.45, 7) is 3.98. The molecule has 1 aliphatic heterocycles. The topological polar surface area (TPSA) is 59.2 Å². The predicted octanol–water partition coefficient (Wildman–Crippen LogP) is 3.84. The highest BCUT2D eigenvalue weighted by molar-refractivity contribution is 5.95. The van der Waals surface area contributed by atoms with E-state index in [1.807, 2.05) is 24.3 Å². The summed E-state index contributed by atoms with van der Waals surface area (Å²) >= 11 is 0. The molecule has 0 N–H and O–H groups in total. The minimum absolute atomic E-state index is 0.158. The Morgan fingerprint density at radius 1 is 1.21 bits per heavy atom. The number of carbonyl (C=O) groups excluding carboxylic acids is 1. The first-order chi connectivity index (χ1) is 11.6. The highest BCUT2D eigenvalue weighted by Crippen LogP contribution is 2.40. The fraction of sp³-hybridized carbons (Fsp3) is 0.526. The number of carbonyl (C=O) groups is 1. The van der Waals surface area contributed by atoms with Crippen molar-refractivity contribution in [1.82, 2.24) is 15.0 Å². The average Bonchev–Trinajstić information content (AvgIpc) is 3.17. The van der Waals surface area contributed by atoms with E-state index in [0.717, 1.165) is 24.0 Å². The van der Waals surface area contributed by atoms with Gasteiger partial charge in [-0.2, -0.15) is 4.98 Å². The monoisotopic (exact) mass is 325 g/mol. The van der Waals surface area contributed by atoms with Gasteiger partial charge in [-0.05, 0) is 63.3 Å². The summed E-state index contributed by atoms with van der Waals surface area (Å²) in [4.78, 5) is 19.4. The number of fused-ring (bicyclic) bond motifs is 1. The summed E-state index contributed by atoms with van der Waals surface area (Å²) < 4.78 is 5.18. The smallest absolute Gasteiger partial charge is 0.257 e. The van der Waals surface area contributed by atoms with E-state index in [9.17, 15) is 4.79 Å². The fourth-order valence-corrected chi connectivity index (χ4v) is 4.38. The zero-order valence-corrected chi connectivity index (χ0v) is 14.2. The Morgan fingerprint density at radius 2 is 1.96 bits per heavy atom. The minimum atomic E-state index is 0.158. The van der Waals surface area contributed by atoms with Crippen LogP contribution in [0.3, 0.4) is 0 Å². The van der Waals surface area contributed by atoms with E-state index in [2.05, 4.69) is 22.0 Å². The summed E-state index contributed by atoms with van der Waals surface area (Å²) in [6.07, 6.45) is 6.13. The molecule has 0 radical (unpaired) electrons. The SMILES string of the molecule is Cc1noc(-c2ccc(C(=O)N3[C@H](C)C[C@@H]4CCCC[C@@H]43)cc2)n1. The minimum Gasteiger partial charge on any atom is -0.334 e. The van der Waals surface area contributed by atoms with E-state index < -0.39 is 0 Å². The van der Waals surface area contributed by atoms with Crippen molar-refractivity contribution in [3.8, 4) is 11.5 Å². The van der Waals surface area contributed by atoms with E-state index in [1.54, 1.807) is 6.92 Å². The molecule has 2 aliphatic rings. The molecule has 1 saturated heterocycles. The van der Waals surface area contributed by atoms with Crippen molar-refractivity contribution in [3.05, 3.63) is 35.7 Å². The molecule has 1 amide bonds. The highest BCUT2D eigenvalue weighted by atomic mass is 16.5. The molecule has 24 heavy (non-hydrogen) atoms. The van der Waals surface area contributed by atoms with Crippen molar-refractivity contribution in [2.75, 3.05) is 0 Å². The molecular weight excluding hydrogens is 302 g/mol. The molecule has 126 valence electrons. The van der Waals surface area contributed by atoms with Crippen LogP contribution >= 0.6 is 0 Å². The molecule has 2 heterocycles. The van der Waals surface area contributed by atoms with Gasteiger partial charge in [0, 0.05) is 23.2 Å². The largest absolute Gasteiger partial charge is 0.334 e. The van der Waals surface area contributed by atoms with Gasteiger partial charge in [-0.3, -0.25) is 4.79 Å². The third kappa shape index (κ3) is 2.62. The fourth-order valence-electron chi connectivity index (χ4n) is 4.38. The first-order valence-corrected chi connectivity index (χ1v) is 8.87. The molecular formula is C19H23N3O2. The molecule has 1 saturated carbocycles. The number of amides is 1. The Balaban J connectivity index is 1.56. The number of rotatable bonds is 2. The normalized spacial score (nSPS) is 26.4. The van der Waals surface area contributed by atoms with Crippen LogP contribution in [0.4, 0.5) is 0 Å². The van der Waals surface area contributed by atoms with Crippen molar-refractivity contribution in [3.63, 3.8) is 0 Å². The predicted molar refractivity (Wildman–Crippen MR) is 90.5 cm³/mol. The van der Waals surface area contributed by atoms with Crippen LogP contribution < -0.4 is 0 Å². The van der Waals surface area contributed by atoms with E-state index in [4.69, 9.17) is 4.52 Å². The summed E-state index contributed by atoms with van der Waals surface area (Å²) in [6, 6.07) is 8.29. The summed E-state index contributed by atoms with van der Waals surface area (Å²) in [7, 11) is 0. The van der Waals surface area contributed by atoms with Crippen LogP contribution in [0.25, 0.3) is 11.5 Å². The Kier molecular flexibility index (Phi) is 3.87. The molecule has 0 spiro atoms. The molecule has 1 aromatic carbocycles. The van der Waals surface area contributed by atoms with Crippen molar-refractivity contribution in [2.24, 2.45) is 5.92 Å². The van der Waals surface area contributed by atoms with Crippen molar-refractivity contribution in [2.45, 2.75) is 58.0 Å².